The summed E-state index contributed by atoms with van der Waals surface area (Å²) in [5.41, 5.74) is 7.15. The zero-order valence-corrected chi connectivity index (χ0v) is 54.6. The first-order chi connectivity index (χ1) is 47.7. The number of aryl methyl sites for hydroxylation is 1. The molecule has 5 aliphatic rings. The lowest BCUT2D eigenvalue weighted by Gasteiger charge is -2.40. The van der Waals surface area contributed by atoms with Crippen molar-refractivity contribution in [2.75, 3.05) is 52.7 Å². The van der Waals surface area contributed by atoms with E-state index in [1.807, 2.05) is 48.5 Å². The standard InChI is InChI=1S/C71H80FN9O18/c1-3-71(95)48-26-53-62-45(32-81(53)68(92)47(48)35-97-69(71)93)60-39(20-21-40-37(2)49(72)27-51(79-62)61(40)60)15-11-12-24-96-36-77-58(85)30-76-67(91)52(25-38-13-5-4-6-14-38)78-59(86)31-74-57(84)29-75-66(90)50(22-23-56(83)73-28-54-63(87)65(89)64(88)55(33-82)99-54)80-70(94)98-34-46-43-18-9-7-16-41(43)42-17-8-10-19-44(42)46/h4-10,13-14,16-19,26-27,39,46,50,52,54-55,63-65,82,87-89,95H,3,11-12,15,20-25,28-36H2,1-2H3,(H,73,83)(H,74,84)(H,75,90)(H,76,91)(H,77,85)(H,78,86)(H,80,94)/t39?,50-,52-,54-,55+,63-,64+,65+,71-/m0/s1. The summed E-state index contributed by atoms with van der Waals surface area (Å²) >= 11 is 0. The third kappa shape index (κ3) is 15.4. The number of nitrogens with zero attached hydrogens (tertiary/aromatic N) is 2. The number of aliphatic hydroxyl groups excluding tert-OH is 4. The maximum atomic E-state index is 15.5. The SMILES string of the molecule is CC[C@@]1(O)C(=O)OCc2c1cc1n(c2=O)Cc2c-1nc1cc(F)c(C)c3c1c2C(CCCCOCNC(=O)CNC(=O)[C@H](Cc1ccccc1)NC(=O)CNC(=O)CNC(=O)[C@H](CCC(=O)NC[C@@H]1O[C@H](CO)[C@@H](O)[C@H](O)[C@H]1O)NC(=O)OCC1c2ccccc2-c2ccccc21)CC3. The lowest BCUT2D eigenvalue weighted by Crippen LogP contribution is -2.60. The molecule has 0 spiro atoms. The van der Waals surface area contributed by atoms with E-state index in [9.17, 15) is 68.7 Å². The van der Waals surface area contributed by atoms with Crippen LogP contribution in [0.2, 0.25) is 0 Å². The van der Waals surface area contributed by atoms with Crippen molar-refractivity contribution in [3.05, 3.63) is 157 Å². The Bertz CT molecular complexity index is 4110. The maximum absolute atomic E-state index is 15.5. The van der Waals surface area contributed by atoms with Gasteiger partial charge in [0.2, 0.25) is 35.4 Å². The van der Waals surface area contributed by atoms with Gasteiger partial charge in [-0.1, -0.05) is 92.2 Å². The van der Waals surface area contributed by atoms with E-state index in [-0.39, 0.29) is 87.7 Å². The van der Waals surface area contributed by atoms with Crippen LogP contribution in [0.25, 0.3) is 33.4 Å². The van der Waals surface area contributed by atoms with Gasteiger partial charge in [0.25, 0.3) is 5.56 Å². The average Bonchev–Trinajstić information content (AvgIpc) is 1.62. The number of hydrogen-bond donors (Lipinski definition) is 12. The maximum Gasteiger partial charge on any atom is 0.407 e. The van der Waals surface area contributed by atoms with Gasteiger partial charge in [0.15, 0.2) is 5.60 Å². The molecule has 28 heteroatoms. The van der Waals surface area contributed by atoms with Crippen molar-refractivity contribution in [2.24, 2.45) is 0 Å². The lowest BCUT2D eigenvalue weighted by molar-refractivity contribution is -0.227. The number of carbonyl (C=O) groups excluding carboxylic acids is 8. The van der Waals surface area contributed by atoms with E-state index >= 15 is 4.39 Å². The van der Waals surface area contributed by atoms with Crippen LogP contribution in [0.1, 0.15) is 114 Å². The summed E-state index contributed by atoms with van der Waals surface area (Å²) in [6, 6.07) is 24.4. The Morgan fingerprint density at radius 2 is 1.42 bits per heavy atom. The number of cyclic esters (lactones) is 1. The molecule has 0 radical (unpaired) electrons. The zero-order valence-electron chi connectivity index (χ0n) is 54.6. The first-order valence-corrected chi connectivity index (χ1v) is 33.2. The second-order valence-corrected chi connectivity index (χ2v) is 25.5. The Labute approximate surface area is 567 Å². The van der Waals surface area contributed by atoms with Gasteiger partial charge in [-0.25, -0.2) is 19.0 Å². The fraction of sp³-hybridized carbons (Fsp3) is 0.437. The highest BCUT2D eigenvalue weighted by molar-refractivity contribution is 5.95. The summed E-state index contributed by atoms with van der Waals surface area (Å²) in [7, 11) is 0. The van der Waals surface area contributed by atoms with Crippen molar-refractivity contribution in [1.29, 1.82) is 0 Å². The van der Waals surface area contributed by atoms with Crippen LogP contribution in [-0.4, -0.2) is 178 Å². The van der Waals surface area contributed by atoms with Crippen molar-refractivity contribution in [1.82, 2.24) is 46.8 Å². The number of carbonyl (C=O) groups is 8. The van der Waals surface area contributed by atoms with Crippen LogP contribution < -0.4 is 42.8 Å². The minimum atomic E-state index is -2.01. The van der Waals surface area contributed by atoms with E-state index < -0.39 is 134 Å². The highest BCUT2D eigenvalue weighted by atomic mass is 19.1. The number of aromatic nitrogens is 2. The summed E-state index contributed by atoms with van der Waals surface area (Å²) in [6.45, 7) is 0.419. The Morgan fingerprint density at radius 1 is 0.758 bits per heavy atom. The highest BCUT2D eigenvalue weighted by Gasteiger charge is 2.47. The van der Waals surface area contributed by atoms with Crippen LogP contribution >= 0.6 is 0 Å². The number of ether oxygens (including phenoxy) is 4. The van der Waals surface area contributed by atoms with Gasteiger partial charge in [0.1, 0.15) is 68.4 Å². The summed E-state index contributed by atoms with van der Waals surface area (Å²) in [5, 5.41) is 70.2. The minimum absolute atomic E-state index is 0.00429. The van der Waals surface area contributed by atoms with Crippen LogP contribution in [0.4, 0.5) is 9.18 Å². The molecule has 2 aliphatic carbocycles. The predicted molar refractivity (Wildman–Crippen MR) is 352 cm³/mol. The van der Waals surface area contributed by atoms with Gasteiger partial charge in [-0.05, 0) is 102 Å². The van der Waals surface area contributed by atoms with Crippen LogP contribution in [0.15, 0.2) is 95.8 Å². The number of benzene rings is 4. The number of amides is 7. The quantitative estimate of drug-likeness (QED) is 0.0188. The fourth-order valence-corrected chi connectivity index (χ4v) is 13.9. The monoisotopic (exact) mass is 1370 g/mol. The number of unbranched alkanes of at least 4 members (excludes halogenated alkanes) is 1. The Hall–Kier alpha value is -9.55. The summed E-state index contributed by atoms with van der Waals surface area (Å²) in [6.07, 6.45) is -5.75. The molecule has 524 valence electrons. The lowest BCUT2D eigenvalue weighted by atomic mass is 9.76. The molecule has 6 aromatic rings. The van der Waals surface area contributed by atoms with Gasteiger partial charge in [0.05, 0.1) is 55.3 Å². The second-order valence-electron chi connectivity index (χ2n) is 25.5. The molecule has 99 heavy (non-hydrogen) atoms. The number of aliphatic hydroxyl groups is 5. The van der Waals surface area contributed by atoms with E-state index in [2.05, 4.69) is 37.2 Å². The third-order valence-corrected chi connectivity index (χ3v) is 19.3. The number of esters is 1. The molecule has 2 aromatic heterocycles. The van der Waals surface area contributed by atoms with Gasteiger partial charge >= 0.3 is 12.1 Å². The molecule has 11 rings (SSSR count). The molecule has 3 aliphatic heterocycles. The molecule has 9 atom stereocenters. The summed E-state index contributed by atoms with van der Waals surface area (Å²) in [4.78, 5) is 125. The normalized spacial score (nSPS) is 20.7. The Morgan fingerprint density at radius 3 is 2.13 bits per heavy atom. The smallest absolute Gasteiger partial charge is 0.407 e. The average molecular weight is 1370 g/mol. The Kier molecular flexibility index (Phi) is 22.2. The molecule has 1 unspecified atom stereocenters. The van der Waals surface area contributed by atoms with Gasteiger partial charge in [-0.3, -0.25) is 33.6 Å². The van der Waals surface area contributed by atoms with Crippen LogP contribution in [0, 0.1) is 12.7 Å². The third-order valence-electron chi connectivity index (χ3n) is 19.3. The molecule has 12 N–H and O–H groups in total. The number of rotatable bonds is 28. The molecule has 0 saturated carbocycles. The van der Waals surface area contributed by atoms with Gasteiger partial charge in [-0.2, -0.15) is 0 Å². The Balaban J connectivity index is 0.639. The van der Waals surface area contributed by atoms with E-state index in [0.29, 0.717) is 47.3 Å². The van der Waals surface area contributed by atoms with Crippen molar-refractivity contribution >= 4 is 58.4 Å². The number of halogens is 1. The van der Waals surface area contributed by atoms with E-state index in [1.54, 1.807) is 54.8 Å². The highest BCUT2D eigenvalue weighted by Crippen LogP contribution is 2.48. The molecule has 4 aromatic carbocycles. The van der Waals surface area contributed by atoms with Crippen molar-refractivity contribution in [2.45, 2.75) is 145 Å². The molecule has 1 fully saturated rings. The largest absolute Gasteiger partial charge is 0.458 e. The number of pyridine rings is 2. The molecular formula is C71H80FN9O18. The van der Waals surface area contributed by atoms with Crippen molar-refractivity contribution < 1.29 is 87.2 Å². The zero-order chi connectivity index (χ0) is 70.2. The number of hydrogen-bond acceptors (Lipinski definition) is 19. The molecular weight excluding hydrogens is 1290 g/mol. The van der Waals surface area contributed by atoms with Crippen LogP contribution in [-0.2, 0) is 84.1 Å². The number of fused-ring (bicyclic) bond motifs is 8. The predicted octanol–water partition coefficient (Wildman–Crippen LogP) is 1.54. The molecule has 0 bridgehead atoms. The van der Waals surface area contributed by atoms with Crippen LogP contribution in [0.5, 0.6) is 0 Å². The molecule has 1 saturated heterocycles. The summed E-state index contributed by atoms with van der Waals surface area (Å²) in [5.74, 6) is -6.07. The molecule has 5 heterocycles. The number of alkyl carbamates (subject to hydrolysis) is 1. The van der Waals surface area contributed by atoms with E-state index in [1.165, 1.54) is 6.07 Å². The summed E-state index contributed by atoms with van der Waals surface area (Å²) < 4.78 is 39.2. The van der Waals surface area contributed by atoms with E-state index in [4.69, 9.17) is 23.9 Å². The first kappa shape index (κ1) is 70.8. The minimum Gasteiger partial charge on any atom is -0.458 e. The topological polar surface area (TPSA) is 394 Å². The van der Waals surface area contributed by atoms with Crippen LogP contribution in [0.3, 0.4) is 0 Å². The van der Waals surface area contributed by atoms with Crippen molar-refractivity contribution in [3.8, 4) is 22.5 Å². The second kappa shape index (κ2) is 31.1. The molecule has 27 nitrogen and oxygen atoms in total. The van der Waals surface area contributed by atoms with Crippen molar-refractivity contribution in [3.63, 3.8) is 0 Å². The fourth-order valence-electron chi connectivity index (χ4n) is 13.9. The first-order valence-electron chi connectivity index (χ1n) is 33.2. The van der Waals surface area contributed by atoms with Gasteiger partial charge in [0, 0.05) is 54.5 Å². The molecule has 7 amide bonds. The van der Waals surface area contributed by atoms with E-state index in [0.717, 1.165) is 57.2 Å². The van der Waals surface area contributed by atoms with Gasteiger partial charge in [-0.15, -0.1) is 0 Å². The number of nitrogens with one attached hydrogen (secondary N) is 7. The van der Waals surface area contributed by atoms with Gasteiger partial charge < -0.3 is 86.3 Å².